The van der Waals surface area contributed by atoms with Crippen LogP contribution in [0.15, 0.2) is 11.5 Å². The Morgan fingerprint density at radius 3 is 3.05 bits per heavy atom. The van der Waals surface area contributed by atoms with E-state index in [2.05, 4.69) is 22.4 Å². The van der Waals surface area contributed by atoms with Gasteiger partial charge in [-0.2, -0.15) is 0 Å². The second-order valence-corrected chi connectivity index (χ2v) is 6.07. The summed E-state index contributed by atoms with van der Waals surface area (Å²) in [6.45, 7) is 5.10. The number of aryl methyl sites for hydroxylation is 1. The Kier molecular flexibility index (Phi) is 5.24. The lowest BCUT2D eigenvalue weighted by Crippen LogP contribution is -2.41. The van der Waals surface area contributed by atoms with E-state index < -0.39 is 0 Å². The highest BCUT2D eigenvalue weighted by molar-refractivity contribution is 7.99. The number of carbonyl (C=O) groups is 1. The number of carbonyl (C=O) groups excluding carboxylic acids is 1. The van der Waals surface area contributed by atoms with Crippen molar-refractivity contribution in [2.45, 2.75) is 57.3 Å². The molecule has 6 heteroatoms. The van der Waals surface area contributed by atoms with Crippen LogP contribution >= 0.6 is 11.8 Å². The van der Waals surface area contributed by atoms with Crippen molar-refractivity contribution in [2.75, 3.05) is 5.75 Å². The van der Waals surface area contributed by atoms with Crippen LogP contribution in [0.2, 0.25) is 0 Å². The van der Waals surface area contributed by atoms with Crippen LogP contribution in [0.25, 0.3) is 0 Å². The van der Waals surface area contributed by atoms with E-state index >= 15 is 0 Å². The molecule has 19 heavy (non-hydrogen) atoms. The number of aromatic nitrogens is 3. The lowest BCUT2D eigenvalue weighted by Gasteiger charge is -2.29. The maximum absolute atomic E-state index is 12.0. The zero-order valence-electron chi connectivity index (χ0n) is 11.6. The van der Waals surface area contributed by atoms with Gasteiger partial charge in [0.15, 0.2) is 5.16 Å². The molecule has 0 aromatic carbocycles. The highest BCUT2D eigenvalue weighted by Gasteiger charge is 2.22. The minimum Gasteiger partial charge on any atom is -0.352 e. The van der Waals surface area contributed by atoms with E-state index in [1.807, 2.05) is 11.5 Å². The van der Waals surface area contributed by atoms with E-state index in [1.54, 1.807) is 6.33 Å². The molecule has 1 saturated carbocycles. The Balaban J connectivity index is 1.78. The van der Waals surface area contributed by atoms with E-state index in [9.17, 15) is 4.79 Å². The molecule has 0 radical (unpaired) electrons. The smallest absolute Gasteiger partial charge is 0.230 e. The van der Waals surface area contributed by atoms with Gasteiger partial charge in [-0.05, 0) is 25.7 Å². The summed E-state index contributed by atoms with van der Waals surface area (Å²) in [4.78, 5) is 12.0. The van der Waals surface area contributed by atoms with Gasteiger partial charge >= 0.3 is 0 Å². The van der Waals surface area contributed by atoms with Gasteiger partial charge in [-0.3, -0.25) is 4.79 Å². The quantitative estimate of drug-likeness (QED) is 0.840. The second-order valence-electron chi connectivity index (χ2n) is 5.12. The average Bonchev–Trinajstić information content (AvgIpc) is 2.86. The van der Waals surface area contributed by atoms with Crippen LogP contribution in [-0.4, -0.2) is 32.5 Å². The predicted octanol–water partition coefficient (Wildman–Crippen LogP) is 2.08. The monoisotopic (exact) mass is 282 g/mol. The number of amides is 1. The van der Waals surface area contributed by atoms with Gasteiger partial charge in [0.25, 0.3) is 0 Å². The molecule has 1 aromatic rings. The molecule has 0 saturated heterocycles. The summed E-state index contributed by atoms with van der Waals surface area (Å²) in [6, 6.07) is 0.353. The Morgan fingerprint density at radius 2 is 2.32 bits per heavy atom. The van der Waals surface area contributed by atoms with Crippen molar-refractivity contribution in [3.8, 4) is 0 Å². The number of hydrogen-bond acceptors (Lipinski definition) is 4. The molecular weight excluding hydrogens is 260 g/mol. The molecule has 1 fully saturated rings. The lowest BCUT2D eigenvalue weighted by molar-refractivity contribution is -0.119. The summed E-state index contributed by atoms with van der Waals surface area (Å²) in [5.41, 5.74) is 0. The van der Waals surface area contributed by atoms with Crippen molar-refractivity contribution >= 4 is 17.7 Å². The number of rotatable bonds is 5. The molecule has 2 atom stereocenters. The second kappa shape index (κ2) is 6.93. The molecule has 106 valence electrons. The standard InChI is InChI=1S/C13H22N4OS/c1-3-17-9-14-16-13(17)19-8-12(18)15-11-7-5-4-6-10(11)2/h9-11H,3-8H2,1-2H3,(H,15,18). The summed E-state index contributed by atoms with van der Waals surface area (Å²) in [5, 5.41) is 11.8. The summed E-state index contributed by atoms with van der Waals surface area (Å²) < 4.78 is 1.95. The Bertz CT molecular complexity index is 421. The molecule has 2 rings (SSSR count). The normalized spacial score (nSPS) is 23.3. The van der Waals surface area contributed by atoms with Gasteiger partial charge in [0.05, 0.1) is 5.75 Å². The predicted molar refractivity (Wildman–Crippen MR) is 76.0 cm³/mol. The Hall–Kier alpha value is -1.04. The Morgan fingerprint density at radius 1 is 1.53 bits per heavy atom. The molecule has 2 unspecified atom stereocenters. The largest absolute Gasteiger partial charge is 0.352 e. The molecule has 1 aliphatic carbocycles. The Labute approximate surface area is 118 Å². The fourth-order valence-electron chi connectivity index (χ4n) is 2.48. The van der Waals surface area contributed by atoms with Gasteiger partial charge in [0, 0.05) is 12.6 Å². The van der Waals surface area contributed by atoms with Gasteiger partial charge < -0.3 is 9.88 Å². The van der Waals surface area contributed by atoms with Crippen molar-refractivity contribution in [2.24, 2.45) is 5.92 Å². The van der Waals surface area contributed by atoms with E-state index in [4.69, 9.17) is 0 Å². The molecular formula is C13H22N4OS. The number of hydrogen-bond donors (Lipinski definition) is 1. The molecule has 0 aliphatic heterocycles. The van der Waals surface area contributed by atoms with Crippen molar-refractivity contribution < 1.29 is 4.79 Å². The third-order valence-corrected chi connectivity index (χ3v) is 4.69. The van der Waals surface area contributed by atoms with Crippen LogP contribution in [-0.2, 0) is 11.3 Å². The molecule has 1 N–H and O–H groups in total. The lowest BCUT2D eigenvalue weighted by atomic mass is 9.86. The summed E-state index contributed by atoms with van der Waals surface area (Å²) in [6.07, 6.45) is 6.56. The summed E-state index contributed by atoms with van der Waals surface area (Å²) in [5.74, 6) is 1.12. The molecule has 1 aromatic heterocycles. The van der Waals surface area contributed by atoms with E-state index in [0.717, 1.165) is 18.1 Å². The van der Waals surface area contributed by atoms with Crippen LogP contribution in [0.3, 0.4) is 0 Å². The number of nitrogens with zero attached hydrogens (tertiary/aromatic N) is 3. The minimum absolute atomic E-state index is 0.106. The molecule has 1 heterocycles. The maximum Gasteiger partial charge on any atom is 0.230 e. The van der Waals surface area contributed by atoms with Gasteiger partial charge in [-0.1, -0.05) is 31.5 Å². The van der Waals surface area contributed by atoms with Gasteiger partial charge in [0.1, 0.15) is 6.33 Å². The van der Waals surface area contributed by atoms with Crippen LogP contribution in [0, 0.1) is 5.92 Å². The van der Waals surface area contributed by atoms with Gasteiger partial charge in [-0.15, -0.1) is 10.2 Å². The van der Waals surface area contributed by atoms with Crippen LogP contribution in [0.1, 0.15) is 39.5 Å². The first-order valence-corrected chi connectivity index (χ1v) is 7.99. The zero-order valence-corrected chi connectivity index (χ0v) is 12.4. The molecule has 1 aliphatic rings. The van der Waals surface area contributed by atoms with Crippen LogP contribution in [0.5, 0.6) is 0 Å². The van der Waals surface area contributed by atoms with Crippen LogP contribution < -0.4 is 5.32 Å². The summed E-state index contributed by atoms with van der Waals surface area (Å²) >= 11 is 1.45. The fourth-order valence-corrected chi connectivity index (χ4v) is 3.27. The number of nitrogens with one attached hydrogen (secondary N) is 1. The maximum atomic E-state index is 12.0. The first kappa shape index (κ1) is 14.4. The first-order chi connectivity index (χ1) is 9.20. The third-order valence-electron chi connectivity index (χ3n) is 3.71. The van der Waals surface area contributed by atoms with Crippen LogP contribution in [0.4, 0.5) is 0 Å². The van der Waals surface area contributed by atoms with Crippen molar-refractivity contribution in [3.05, 3.63) is 6.33 Å². The number of thioether (sulfide) groups is 1. The van der Waals surface area contributed by atoms with E-state index in [0.29, 0.717) is 17.7 Å². The van der Waals surface area contributed by atoms with Gasteiger partial charge in [-0.25, -0.2) is 0 Å². The fraction of sp³-hybridized carbons (Fsp3) is 0.769. The van der Waals surface area contributed by atoms with Crippen molar-refractivity contribution in [3.63, 3.8) is 0 Å². The topological polar surface area (TPSA) is 59.8 Å². The van der Waals surface area contributed by atoms with Gasteiger partial charge in [0.2, 0.25) is 5.91 Å². The van der Waals surface area contributed by atoms with E-state index in [1.165, 1.54) is 31.0 Å². The van der Waals surface area contributed by atoms with Crippen molar-refractivity contribution in [1.29, 1.82) is 0 Å². The van der Waals surface area contributed by atoms with Crippen molar-refractivity contribution in [1.82, 2.24) is 20.1 Å². The summed E-state index contributed by atoms with van der Waals surface area (Å²) in [7, 11) is 0. The molecule has 0 spiro atoms. The highest BCUT2D eigenvalue weighted by atomic mass is 32.2. The molecule has 5 nitrogen and oxygen atoms in total. The third kappa shape index (κ3) is 3.96. The first-order valence-electron chi connectivity index (χ1n) is 7.00. The SMILES string of the molecule is CCn1cnnc1SCC(=O)NC1CCCCC1C. The highest BCUT2D eigenvalue weighted by Crippen LogP contribution is 2.24. The van der Waals surface area contributed by atoms with E-state index in [-0.39, 0.29) is 5.91 Å². The average molecular weight is 282 g/mol. The zero-order chi connectivity index (χ0) is 13.7. The molecule has 1 amide bonds. The minimum atomic E-state index is 0.106. The molecule has 0 bridgehead atoms.